The van der Waals surface area contributed by atoms with Crippen molar-refractivity contribution in [3.63, 3.8) is 0 Å². The molecule has 2 atom stereocenters. The molecular weight excluding hydrogens is 619 g/mol. The Balaban J connectivity index is 3.88. The number of carbonyl (C=O) groups excluding carboxylic acids is 1. The van der Waals surface area contributed by atoms with E-state index in [-0.39, 0.29) is 5.91 Å². The molecule has 0 aromatic carbocycles. The van der Waals surface area contributed by atoms with Gasteiger partial charge in [0.25, 0.3) is 10.1 Å². The van der Waals surface area contributed by atoms with Crippen molar-refractivity contribution in [1.29, 1.82) is 0 Å². The van der Waals surface area contributed by atoms with Crippen LogP contribution in [0.25, 0.3) is 0 Å². The Bertz CT molecular complexity index is 816. The lowest BCUT2D eigenvalue weighted by atomic mass is 10.0. The average molecular weight is 700 g/mol. The topological polar surface area (TPSA) is 104 Å². The lowest BCUT2D eigenvalue weighted by molar-refractivity contribution is -0.122. The molecule has 0 aliphatic carbocycles. The summed E-state index contributed by atoms with van der Waals surface area (Å²) in [5.74, 6) is -0.967. The van der Waals surface area contributed by atoms with Gasteiger partial charge in [-0.15, -0.1) is 0 Å². The number of carbonyl (C=O) groups is 1. The fourth-order valence-corrected chi connectivity index (χ4v) is 7.30. The SMILES string of the molecule is CCCCCCCCCCCCCCCCCC/C=C/C(O)C(CS(=O)(=O)O)NC(=O)CCCCCCCCCCCCCCCCC. The van der Waals surface area contributed by atoms with Crippen LogP contribution in [0.2, 0.25) is 0 Å². The van der Waals surface area contributed by atoms with E-state index >= 15 is 0 Å². The van der Waals surface area contributed by atoms with E-state index in [4.69, 9.17) is 0 Å². The van der Waals surface area contributed by atoms with Gasteiger partial charge in [0, 0.05) is 6.42 Å². The Morgan fingerprint density at radius 3 is 1.19 bits per heavy atom. The number of amides is 1. The second-order valence-corrected chi connectivity index (χ2v) is 16.1. The number of nitrogens with one attached hydrogen (secondary N) is 1. The van der Waals surface area contributed by atoms with Gasteiger partial charge in [-0.2, -0.15) is 8.42 Å². The zero-order chi connectivity index (χ0) is 35.4. The third kappa shape index (κ3) is 36.4. The minimum atomic E-state index is -4.34. The van der Waals surface area contributed by atoms with Crippen molar-refractivity contribution in [2.75, 3.05) is 5.75 Å². The standard InChI is InChI=1S/C41H81NO5S/c1-3-5-7-9-11-13-15-17-19-20-21-23-24-26-28-30-32-34-36-40(43)39(38-48(45,46)47)42-41(44)37-35-33-31-29-27-25-22-18-16-14-12-10-8-6-4-2/h34,36,39-40,43H,3-33,35,37-38H2,1-2H3,(H,42,44)(H,45,46,47)/b36-34+. The molecule has 0 saturated carbocycles. The molecule has 286 valence electrons. The first kappa shape index (κ1) is 47.1. The van der Waals surface area contributed by atoms with Gasteiger partial charge in [-0.05, 0) is 19.3 Å². The van der Waals surface area contributed by atoms with Gasteiger partial charge in [0.1, 0.15) is 0 Å². The van der Waals surface area contributed by atoms with E-state index in [2.05, 4.69) is 19.2 Å². The van der Waals surface area contributed by atoms with Gasteiger partial charge < -0.3 is 10.4 Å². The third-order valence-electron chi connectivity index (χ3n) is 9.71. The molecule has 0 spiro atoms. The van der Waals surface area contributed by atoms with Gasteiger partial charge in [-0.25, -0.2) is 0 Å². The molecule has 0 saturated heterocycles. The number of hydrogen-bond acceptors (Lipinski definition) is 4. The lowest BCUT2D eigenvalue weighted by Gasteiger charge is -2.21. The Morgan fingerprint density at radius 2 is 0.854 bits per heavy atom. The van der Waals surface area contributed by atoms with Crippen molar-refractivity contribution in [3.8, 4) is 0 Å². The lowest BCUT2D eigenvalue weighted by Crippen LogP contribution is -2.46. The van der Waals surface area contributed by atoms with Crippen LogP contribution in [0.5, 0.6) is 0 Å². The van der Waals surface area contributed by atoms with Crippen LogP contribution in [0, 0.1) is 0 Å². The summed E-state index contributed by atoms with van der Waals surface area (Å²) in [4.78, 5) is 12.5. The van der Waals surface area contributed by atoms with Crippen molar-refractivity contribution in [2.24, 2.45) is 0 Å². The van der Waals surface area contributed by atoms with Gasteiger partial charge in [-0.1, -0.05) is 212 Å². The largest absolute Gasteiger partial charge is 0.387 e. The molecule has 0 fully saturated rings. The zero-order valence-electron chi connectivity index (χ0n) is 31.9. The molecule has 0 heterocycles. The van der Waals surface area contributed by atoms with Gasteiger partial charge in [0.15, 0.2) is 0 Å². The predicted octanol–water partition coefficient (Wildman–Crippen LogP) is 12.2. The Morgan fingerprint density at radius 1 is 0.542 bits per heavy atom. The third-order valence-corrected chi connectivity index (χ3v) is 10.5. The van der Waals surface area contributed by atoms with E-state index in [1.165, 1.54) is 167 Å². The molecule has 0 aliphatic rings. The molecule has 0 radical (unpaired) electrons. The van der Waals surface area contributed by atoms with Crippen molar-refractivity contribution in [3.05, 3.63) is 12.2 Å². The number of hydrogen-bond donors (Lipinski definition) is 3. The van der Waals surface area contributed by atoms with Crippen molar-refractivity contribution < 1.29 is 22.9 Å². The Hall–Kier alpha value is -0.920. The maximum absolute atomic E-state index is 12.5. The van der Waals surface area contributed by atoms with Crippen LogP contribution in [0.1, 0.15) is 226 Å². The summed E-state index contributed by atoms with van der Waals surface area (Å²) >= 11 is 0. The van der Waals surface area contributed by atoms with E-state index in [1.54, 1.807) is 6.08 Å². The summed E-state index contributed by atoms with van der Waals surface area (Å²) in [5, 5.41) is 13.2. The molecule has 2 unspecified atom stereocenters. The molecule has 3 N–H and O–H groups in total. The molecule has 1 amide bonds. The molecule has 0 bridgehead atoms. The minimum absolute atomic E-state index is 0.274. The number of aliphatic hydroxyl groups is 1. The van der Waals surface area contributed by atoms with Crippen molar-refractivity contribution in [1.82, 2.24) is 5.32 Å². The molecule has 0 aliphatic heterocycles. The summed E-state index contributed by atoms with van der Waals surface area (Å²) in [6, 6.07) is -1.05. The summed E-state index contributed by atoms with van der Waals surface area (Å²) in [6.07, 6.45) is 43.4. The number of rotatable bonds is 38. The highest BCUT2D eigenvalue weighted by Crippen LogP contribution is 2.16. The summed E-state index contributed by atoms with van der Waals surface area (Å²) < 4.78 is 32.5. The highest BCUT2D eigenvalue weighted by atomic mass is 32.2. The van der Waals surface area contributed by atoms with Gasteiger partial charge in [0.2, 0.25) is 5.91 Å². The fourth-order valence-electron chi connectivity index (χ4n) is 6.57. The molecule has 6 nitrogen and oxygen atoms in total. The second kappa shape index (κ2) is 35.9. The molecule has 7 heteroatoms. The highest BCUT2D eigenvalue weighted by molar-refractivity contribution is 7.85. The van der Waals surface area contributed by atoms with Crippen molar-refractivity contribution >= 4 is 16.0 Å². The highest BCUT2D eigenvalue weighted by Gasteiger charge is 2.24. The average Bonchev–Trinajstić information content (AvgIpc) is 3.05. The quantitative estimate of drug-likeness (QED) is 0.0338. The molecule has 48 heavy (non-hydrogen) atoms. The van der Waals surface area contributed by atoms with E-state index in [0.717, 1.165) is 38.5 Å². The maximum atomic E-state index is 12.5. The molecule has 0 aromatic rings. The molecule has 0 aromatic heterocycles. The van der Waals surface area contributed by atoms with Crippen LogP contribution in [0.4, 0.5) is 0 Å². The van der Waals surface area contributed by atoms with Crippen LogP contribution >= 0.6 is 0 Å². The zero-order valence-corrected chi connectivity index (χ0v) is 32.7. The van der Waals surface area contributed by atoms with Crippen LogP contribution in [-0.2, 0) is 14.9 Å². The number of aliphatic hydroxyl groups excluding tert-OH is 1. The summed E-state index contributed by atoms with van der Waals surface area (Å²) in [7, 11) is -4.34. The molecular formula is C41H81NO5S. The number of unbranched alkanes of at least 4 members (excludes halogenated alkanes) is 30. The fraction of sp³-hybridized carbons (Fsp3) is 0.927. The summed E-state index contributed by atoms with van der Waals surface area (Å²) in [6.45, 7) is 4.53. The van der Waals surface area contributed by atoms with Crippen LogP contribution < -0.4 is 5.32 Å². The van der Waals surface area contributed by atoms with E-state index in [9.17, 15) is 22.9 Å². The van der Waals surface area contributed by atoms with E-state index in [1.807, 2.05) is 6.08 Å². The predicted molar refractivity (Wildman–Crippen MR) is 207 cm³/mol. The van der Waals surface area contributed by atoms with Crippen LogP contribution in [0.3, 0.4) is 0 Å². The monoisotopic (exact) mass is 700 g/mol. The normalized spacial score (nSPS) is 13.3. The summed E-state index contributed by atoms with van der Waals surface area (Å²) in [5.41, 5.74) is 0. The molecule has 0 rings (SSSR count). The van der Waals surface area contributed by atoms with Crippen LogP contribution in [-0.4, -0.2) is 41.9 Å². The number of allylic oxidation sites excluding steroid dienone is 1. The van der Waals surface area contributed by atoms with Gasteiger partial charge >= 0.3 is 0 Å². The Labute approximate surface area is 299 Å². The van der Waals surface area contributed by atoms with Gasteiger partial charge in [0.05, 0.1) is 17.9 Å². The second-order valence-electron chi connectivity index (χ2n) is 14.6. The first-order valence-corrected chi connectivity index (χ1v) is 22.5. The smallest absolute Gasteiger partial charge is 0.267 e. The Kier molecular flexibility index (Phi) is 35.2. The van der Waals surface area contributed by atoms with E-state index < -0.39 is 28.0 Å². The van der Waals surface area contributed by atoms with E-state index in [0.29, 0.717) is 6.42 Å². The van der Waals surface area contributed by atoms with Crippen molar-refractivity contribution in [2.45, 2.75) is 238 Å². The first-order valence-electron chi connectivity index (χ1n) is 20.9. The van der Waals surface area contributed by atoms with Gasteiger partial charge in [-0.3, -0.25) is 9.35 Å². The first-order chi connectivity index (χ1) is 23.3. The van der Waals surface area contributed by atoms with Crippen LogP contribution in [0.15, 0.2) is 12.2 Å². The maximum Gasteiger partial charge on any atom is 0.267 e. The minimum Gasteiger partial charge on any atom is -0.387 e.